The van der Waals surface area contributed by atoms with Gasteiger partial charge >= 0.3 is 6.09 Å². The van der Waals surface area contributed by atoms with Crippen molar-refractivity contribution >= 4 is 40.3 Å². The lowest BCUT2D eigenvalue weighted by molar-refractivity contribution is 0.0497. The average Bonchev–Trinajstić information content (AvgIpc) is 3.12. The van der Waals surface area contributed by atoms with Crippen molar-refractivity contribution in [2.45, 2.75) is 45.3 Å². The molecule has 2 amide bonds. The maximum atomic E-state index is 12.4. The number of alkyl carbamates (subject to hydrolysis) is 1. The van der Waals surface area contributed by atoms with Gasteiger partial charge in [-0.2, -0.15) is 5.10 Å². The van der Waals surface area contributed by atoms with Crippen LogP contribution in [0, 0.1) is 0 Å². The molecular formula is C24H29ClN6O3. The zero-order chi connectivity index (χ0) is 24.6. The fraction of sp³-hybridized carbons (Fsp3) is 0.417. The fourth-order valence-electron chi connectivity index (χ4n) is 4.18. The van der Waals surface area contributed by atoms with E-state index >= 15 is 0 Å². The van der Waals surface area contributed by atoms with Gasteiger partial charge in [0.15, 0.2) is 0 Å². The first-order valence-corrected chi connectivity index (χ1v) is 11.6. The summed E-state index contributed by atoms with van der Waals surface area (Å²) in [6, 6.07) is 7.42. The molecule has 4 rings (SSSR count). The van der Waals surface area contributed by atoms with Crippen molar-refractivity contribution in [3.05, 3.63) is 41.2 Å². The quantitative estimate of drug-likeness (QED) is 0.543. The molecule has 0 atom stereocenters. The summed E-state index contributed by atoms with van der Waals surface area (Å²) in [5, 5.41) is 8.32. The summed E-state index contributed by atoms with van der Waals surface area (Å²) in [6.07, 6.45) is 2.76. The third kappa shape index (κ3) is 5.09. The molecule has 1 saturated heterocycles. The van der Waals surface area contributed by atoms with Gasteiger partial charge in [0.2, 0.25) is 5.91 Å². The number of amides is 2. The predicted molar refractivity (Wildman–Crippen MR) is 132 cm³/mol. The molecule has 0 spiro atoms. The van der Waals surface area contributed by atoms with Crippen molar-refractivity contribution in [2.75, 3.05) is 18.0 Å². The standard InChI is InChI=1S/C24H29ClN6O3/c1-24(2,3)34-23(33)28-16-7-9-31(10-8-16)19-12-17(22(26)32)20(21(25)29-19)14-5-6-18-15(11-14)13-27-30(18)4/h5-6,11-13,16H,7-10H2,1-4H3,(H2,26,32)(H,28,33). The Balaban J connectivity index is 1.54. The molecule has 9 nitrogen and oxygen atoms in total. The van der Waals surface area contributed by atoms with Gasteiger partial charge < -0.3 is 20.7 Å². The molecule has 3 heterocycles. The second kappa shape index (κ2) is 9.13. The molecule has 2 aromatic heterocycles. The SMILES string of the molecule is Cn1ncc2cc(-c3c(C(N)=O)cc(N4CCC(NC(=O)OC(C)(C)C)CC4)nc3Cl)ccc21. The topological polar surface area (TPSA) is 115 Å². The maximum Gasteiger partial charge on any atom is 0.407 e. The highest BCUT2D eigenvalue weighted by atomic mass is 35.5. The number of primary amides is 1. The van der Waals surface area contributed by atoms with E-state index in [4.69, 9.17) is 22.1 Å². The number of nitrogens with two attached hydrogens (primary N) is 1. The van der Waals surface area contributed by atoms with E-state index in [1.54, 1.807) is 16.9 Å². The number of carbonyl (C=O) groups excluding carboxylic acids is 2. The highest BCUT2D eigenvalue weighted by molar-refractivity contribution is 6.33. The second-order valence-electron chi connectivity index (χ2n) is 9.51. The molecule has 1 aliphatic rings. The van der Waals surface area contributed by atoms with E-state index in [1.165, 1.54) is 0 Å². The van der Waals surface area contributed by atoms with E-state index in [1.807, 2.05) is 50.9 Å². The summed E-state index contributed by atoms with van der Waals surface area (Å²) in [5.41, 5.74) is 7.73. The van der Waals surface area contributed by atoms with E-state index in [0.717, 1.165) is 16.5 Å². The van der Waals surface area contributed by atoms with Crippen molar-refractivity contribution in [2.24, 2.45) is 12.8 Å². The fourth-order valence-corrected chi connectivity index (χ4v) is 4.48. The zero-order valence-electron chi connectivity index (χ0n) is 19.8. The molecule has 0 bridgehead atoms. The van der Waals surface area contributed by atoms with Crippen LogP contribution in [0.4, 0.5) is 10.6 Å². The van der Waals surface area contributed by atoms with E-state index in [2.05, 4.69) is 15.4 Å². The molecule has 0 aliphatic carbocycles. The Morgan fingerprint density at radius 2 is 1.91 bits per heavy atom. The van der Waals surface area contributed by atoms with Crippen molar-refractivity contribution < 1.29 is 14.3 Å². The number of anilines is 1. The average molecular weight is 485 g/mol. The minimum Gasteiger partial charge on any atom is -0.444 e. The first-order chi connectivity index (χ1) is 16.0. The summed E-state index contributed by atoms with van der Waals surface area (Å²) in [4.78, 5) is 31.1. The molecule has 1 aliphatic heterocycles. The number of aryl methyl sites for hydroxylation is 1. The van der Waals surface area contributed by atoms with Crippen LogP contribution in [-0.4, -0.2) is 51.5 Å². The van der Waals surface area contributed by atoms with Crippen LogP contribution in [-0.2, 0) is 11.8 Å². The van der Waals surface area contributed by atoms with Gasteiger partial charge in [-0.1, -0.05) is 17.7 Å². The molecule has 3 aromatic rings. The number of rotatable bonds is 4. The van der Waals surface area contributed by atoms with Crippen LogP contribution in [0.5, 0.6) is 0 Å². The Kier molecular flexibility index (Phi) is 6.40. The van der Waals surface area contributed by atoms with Crippen LogP contribution in [0.3, 0.4) is 0 Å². The summed E-state index contributed by atoms with van der Waals surface area (Å²) in [7, 11) is 1.87. The third-order valence-electron chi connectivity index (χ3n) is 5.80. The lowest BCUT2D eigenvalue weighted by Crippen LogP contribution is -2.46. The number of benzene rings is 1. The highest BCUT2D eigenvalue weighted by Crippen LogP contribution is 2.35. The number of halogens is 1. The number of piperidine rings is 1. The molecule has 0 radical (unpaired) electrons. The molecule has 0 unspecified atom stereocenters. The van der Waals surface area contributed by atoms with Crippen LogP contribution in [0.15, 0.2) is 30.5 Å². The minimum atomic E-state index is -0.576. The van der Waals surface area contributed by atoms with Gasteiger partial charge in [-0.3, -0.25) is 9.48 Å². The number of aromatic nitrogens is 3. The molecule has 0 saturated carbocycles. The molecule has 180 valence electrons. The van der Waals surface area contributed by atoms with Crippen LogP contribution in [0.2, 0.25) is 5.15 Å². The predicted octanol–water partition coefficient (Wildman–Crippen LogP) is 3.88. The van der Waals surface area contributed by atoms with Gasteiger partial charge in [-0.05, 0) is 57.4 Å². The molecule has 1 aromatic carbocycles. The number of hydrogen-bond acceptors (Lipinski definition) is 6. The van der Waals surface area contributed by atoms with Gasteiger partial charge in [-0.15, -0.1) is 0 Å². The van der Waals surface area contributed by atoms with Crippen LogP contribution < -0.4 is 16.0 Å². The number of hydrogen-bond donors (Lipinski definition) is 2. The first kappa shape index (κ1) is 23.8. The number of nitrogens with one attached hydrogen (secondary N) is 1. The van der Waals surface area contributed by atoms with E-state index in [-0.39, 0.29) is 11.2 Å². The van der Waals surface area contributed by atoms with E-state index in [0.29, 0.717) is 42.9 Å². The molecular weight excluding hydrogens is 456 g/mol. The van der Waals surface area contributed by atoms with Gasteiger partial charge in [0, 0.05) is 37.1 Å². The monoisotopic (exact) mass is 484 g/mol. The number of carbonyl (C=O) groups is 2. The highest BCUT2D eigenvalue weighted by Gasteiger charge is 2.26. The maximum absolute atomic E-state index is 12.4. The van der Waals surface area contributed by atoms with Crippen LogP contribution in [0.1, 0.15) is 44.0 Å². The Morgan fingerprint density at radius 3 is 2.56 bits per heavy atom. The zero-order valence-corrected chi connectivity index (χ0v) is 20.5. The van der Waals surface area contributed by atoms with Crippen LogP contribution >= 0.6 is 11.6 Å². The van der Waals surface area contributed by atoms with Crippen molar-refractivity contribution in [1.82, 2.24) is 20.1 Å². The largest absolute Gasteiger partial charge is 0.444 e. The Hall–Kier alpha value is -3.33. The third-order valence-corrected chi connectivity index (χ3v) is 6.08. The van der Waals surface area contributed by atoms with E-state index in [9.17, 15) is 9.59 Å². The summed E-state index contributed by atoms with van der Waals surface area (Å²) >= 11 is 6.61. The molecule has 10 heteroatoms. The molecule has 1 fully saturated rings. The minimum absolute atomic E-state index is 0.00247. The van der Waals surface area contributed by atoms with Crippen molar-refractivity contribution in [3.8, 4) is 11.1 Å². The Bertz CT molecular complexity index is 1240. The Morgan fingerprint density at radius 1 is 1.21 bits per heavy atom. The summed E-state index contributed by atoms with van der Waals surface area (Å²) < 4.78 is 7.12. The van der Waals surface area contributed by atoms with Gasteiger partial charge in [-0.25, -0.2) is 9.78 Å². The lowest BCUT2D eigenvalue weighted by atomic mass is 9.99. The van der Waals surface area contributed by atoms with Gasteiger partial charge in [0.25, 0.3) is 0 Å². The van der Waals surface area contributed by atoms with Crippen molar-refractivity contribution in [1.29, 1.82) is 0 Å². The number of nitrogens with zero attached hydrogens (tertiary/aromatic N) is 4. The van der Waals surface area contributed by atoms with Gasteiger partial charge in [0.1, 0.15) is 16.6 Å². The van der Waals surface area contributed by atoms with E-state index < -0.39 is 17.6 Å². The normalized spacial score (nSPS) is 14.9. The van der Waals surface area contributed by atoms with Crippen molar-refractivity contribution in [3.63, 3.8) is 0 Å². The summed E-state index contributed by atoms with van der Waals surface area (Å²) in [6.45, 7) is 6.78. The Labute approximate surface area is 203 Å². The second-order valence-corrected chi connectivity index (χ2v) is 9.87. The molecule has 34 heavy (non-hydrogen) atoms. The summed E-state index contributed by atoms with van der Waals surface area (Å²) in [5.74, 6) is 0.00837. The van der Waals surface area contributed by atoms with Crippen LogP contribution in [0.25, 0.3) is 22.0 Å². The smallest absolute Gasteiger partial charge is 0.407 e. The number of fused-ring (bicyclic) bond motifs is 1. The van der Waals surface area contributed by atoms with Gasteiger partial charge in [0.05, 0.1) is 17.3 Å². The first-order valence-electron chi connectivity index (χ1n) is 11.2. The number of ether oxygens (including phenoxy) is 1. The molecule has 3 N–H and O–H groups in total. The number of pyridine rings is 1. The lowest BCUT2D eigenvalue weighted by Gasteiger charge is -2.34.